The lowest BCUT2D eigenvalue weighted by Gasteiger charge is -2.40. The van der Waals surface area contributed by atoms with E-state index in [1.165, 1.54) is 55.6 Å². The molecular weight excluding hydrogens is 260 g/mol. The van der Waals surface area contributed by atoms with Gasteiger partial charge in [0.25, 0.3) is 0 Å². The lowest BCUT2D eigenvalue weighted by Crippen LogP contribution is -2.48. The SMILES string of the molecule is Cc1ccc(NC2CCCN(C3CCOCC3)C2)cc1C. The number of nitrogens with one attached hydrogen (secondary N) is 1. The number of anilines is 1. The molecule has 2 heterocycles. The van der Waals surface area contributed by atoms with Crippen molar-refractivity contribution >= 4 is 5.69 Å². The Balaban J connectivity index is 1.59. The van der Waals surface area contributed by atoms with Gasteiger partial charge in [-0.05, 0) is 69.3 Å². The highest BCUT2D eigenvalue weighted by Crippen LogP contribution is 2.23. The van der Waals surface area contributed by atoms with E-state index in [1.807, 2.05) is 0 Å². The van der Waals surface area contributed by atoms with Crippen LogP contribution in [0.25, 0.3) is 0 Å². The van der Waals surface area contributed by atoms with Gasteiger partial charge in [0, 0.05) is 37.5 Å². The largest absolute Gasteiger partial charge is 0.381 e. The van der Waals surface area contributed by atoms with Gasteiger partial charge >= 0.3 is 0 Å². The van der Waals surface area contributed by atoms with Gasteiger partial charge in [0.15, 0.2) is 0 Å². The molecular formula is C18H28N2O. The number of piperidine rings is 1. The minimum Gasteiger partial charge on any atom is -0.381 e. The van der Waals surface area contributed by atoms with Crippen LogP contribution in [0.2, 0.25) is 0 Å². The zero-order valence-electron chi connectivity index (χ0n) is 13.4. The fourth-order valence-electron chi connectivity index (χ4n) is 3.57. The fraction of sp³-hybridized carbons (Fsp3) is 0.667. The molecule has 2 fully saturated rings. The first-order valence-corrected chi connectivity index (χ1v) is 8.38. The fourth-order valence-corrected chi connectivity index (χ4v) is 3.57. The van der Waals surface area contributed by atoms with Crippen LogP contribution in [0, 0.1) is 13.8 Å². The minimum absolute atomic E-state index is 0.587. The predicted octanol–water partition coefficient (Wildman–Crippen LogP) is 3.36. The van der Waals surface area contributed by atoms with Gasteiger partial charge in [-0.2, -0.15) is 0 Å². The van der Waals surface area contributed by atoms with E-state index in [-0.39, 0.29) is 0 Å². The lowest BCUT2D eigenvalue weighted by molar-refractivity contribution is 0.0256. The molecule has 0 aliphatic carbocycles. The summed E-state index contributed by atoms with van der Waals surface area (Å²) >= 11 is 0. The first kappa shape index (κ1) is 14.9. The van der Waals surface area contributed by atoms with Crippen LogP contribution in [0.3, 0.4) is 0 Å². The monoisotopic (exact) mass is 288 g/mol. The number of nitrogens with zero attached hydrogens (tertiary/aromatic N) is 1. The van der Waals surface area contributed by atoms with Crippen molar-refractivity contribution in [3.05, 3.63) is 29.3 Å². The average Bonchev–Trinajstić information content (AvgIpc) is 2.52. The zero-order chi connectivity index (χ0) is 14.7. The third kappa shape index (κ3) is 3.78. The van der Waals surface area contributed by atoms with Gasteiger partial charge in [-0.15, -0.1) is 0 Å². The maximum Gasteiger partial charge on any atom is 0.0480 e. The van der Waals surface area contributed by atoms with Crippen LogP contribution in [0.15, 0.2) is 18.2 Å². The maximum absolute atomic E-state index is 5.50. The Bertz CT molecular complexity index is 468. The van der Waals surface area contributed by atoms with Crippen molar-refractivity contribution in [1.82, 2.24) is 4.90 Å². The summed E-state index contributed by atoms with van der Waals surface area (Å²) in [6.07, 6.45) is 5.00. The molecule has 0 spiro atoms. The molecule has 0 saturated carbocycles. The number of ether oxygens (including phenoxy) is 1. The van der Waals surface area contributed by atoms with Crippen molar-refractivity contribution in [3.8, 4) is 0 Å². The summed E-state index contributed by atoms with van der Waals surface area (Å²) in [5.74, 6) is 0. The van der Waals surface area contributed by atoms with E-state index >= 15 is 0 Å². The van der Waals surface area contributed by atoms with E-state index in [2.05, 4.69) is 42.3 Å². The Labute approximate surface area is 128 Å². The molecule has 0 amide bonds. The molecule has 0 radical (unpaired) electrons. The number of rotatable bonds is 3. The molecule has 116 valence electrons. The lowest BCUT2D eigenvalue weighted by atomic mass is 9.99. The van der Waals surface area contributed by atoms with Gasteiger partial charge in [0.1, 0.15) is 0 Å². The Morgan fingerprint density at radius 3 is 2.67 bits per heavy atom. The van der Waals surface area contributed by atoms with Crippen molar-refractivity contribution in [3.63, 3.8) is 0 Å². The van der Waals surface area contributed by atoms with Gasteiger partial charge in [0.2, 0.25) is 0 Å². The molecule has 1 unspecified atom stereocenters. The molecule has 1 aromatic rings. The number of benzene rings is 1. The second-order valence-electron chi connectivity index (χ2n) is 6.62. The van der Waals surface area contributed by atoms with Crippen LogP contribution >= 0.6 is 0 Å². The van der Waals surface area contributed by atoms with E-state index in [9.17, 15) is 0 Å². The zero-order valence-corrected chi connectivity index (χ0v) is 13.4. The van der Waals surface area contributed by atoms with Crippen LogP contribution in [-0.4, -0.2) is 43.3 Å². The van der Waals surface area contributed by atoms with Gasteiger partial charge in [0.05, 0.1) is 0 Å². The van der Waals surface area contributed by atoms with Gasteiger partial charge < -0.3 is 10.1 Å². The molecule has 2 saturated heterocycles. The Morgan fingerprint density at radius 1 is 1.10 bits per heavy atom. The molecule has 3 nitrogen and oxygen atoms in total. The van der Waals surface area contributed by atoms with E-state index in [4.69, 9.17) is 4.74 Å². The summed E-state index contributed by atoms with van der Waals surface area (Å²) in [4.78, 5) is 2.69. The van der Waals surface area contributed by atoms with E-state index in [1.54, 1.807) is 0 Å². The molecule has 1 aromatic carbocycles. The van der Waals surface area contributed by atoms with Crippen LogP contribution in [0.1, 0.15) is 36.8 Å². The van der Waals surface area contributed by atoms with Crippen LogP contribution < -0.4 is 5.32 Å². The summed E-state index contributed by atoms with van der Waals surface area (Å²) in [6, 6.07) is 8.04. The molecule has 0 bridgehead atoms. The number of hydrogen-bond donors (Lipinski definition) is 1. The second-order valence-corrected chi connectivity index (χ2v) is 6.62. The van der Waals surface area contributed by atoms with Crippen LogP contribution in [0.5, 0.6) is 0 Å². The molecule has 3 heteroatoms. The Hall–Kier alpha value is -1.06. The Morgan fingerprint density at radius 2 is 1.90 bits per heavy atom. The van der Waals surface area contributed by atoms with Gasteiger partial charge in [-0.1, -0.05) is 6.07 Å². The first-order valence-electron chi connectivity index (χ1n) is 8.38. The van der Waals surface area contributed by atoms with E-state index < -0.39 is 0 Å². The second kappa shape index (κ2) is 6.80. The highest BCUT2D eigenvalue weighted by Gasteiger charge is 2.27. The van der Waals surface area contributed by atoms with E-state index in [0.29, 0.717) is 6.04 Å². The van der Waals surface area contributed by atoms with Crippen molar-refractivity contribution in [1.29, 1.82) is 0 Å². The maximum atomic E-state index is 5.50. The molecule has 2 aliphatic heterocycles. The summed E-state index contributed by atoms with van der Waals surface area (Å²) in [5.41, 5.74) is 4.02. The van der Waals surface area contributed by atoms with Crippen molar-refractivity contribution in [2.45, 2.75) is 51.6 Å². The third-order valence-corrected chi connectivity index (χ3v) is 5.04. The highest BCUT2D eigenvalue weighted by molar-refractivity contribution is 5.48. The summed E-state index contributed by atoms with van der Waals surface area (Å²) in [5, 5.41) is 3.75. The molecule has 3 rings (SSSR count). The van der Waals surface area contributed by atoms with Crippen LogP contribution in [-0.2, 0) is 4.74 Å². The molecule has 0 aromatic heterocycles. The summed E-state index contributed by atoms with van der Waals surface area (Å²) in [7, 11) is 0. The van der Waals surface area contributed by atoms with Crippen molar-refractivity contribution in [2.75, 3.05) is 31.6 Å². The normalized spacial score (nSPS) is 25.0. The van der Waals surface area contributed by atoms with E-state index in [0.717, 1.165) is 19.3 Å². The predicted molar refractivity (Wildman–Crippen MR) is 88.0 cm³/mol. The minimum atomic E-state index is 0.587. The number of hydrogen-bond acceptors (Lipinski definition) is 3. The average molecular weight is 288 g/mol. The molecule has 1 atom stereocenters. The third-order valence-electron chi connectivity index (χ3n) is 5.04. The summed E-state index contributed by atoms with van der Waals surface area (Å²) in [6.45, 7) is 8.68. The number of aryl methyl sites for hydroxylation is 2. The summed E-state index contributed by atoms with van der Waals surface area (Å²) < 4.78 is 5.50. The molecule has 2 aliphatic rings. The Kier molecular flexibility index (Phi) is 4.81. The smallest absolute Gasteiger partial charge is 0.0480 e. The highest BCUT2D eigenvalue weighted by atomic mass is 16.5. The first-order chi connectivity index (χ1) is 10.2. The molecule has 1 N–H and O–H groups in total. The topological polar surface area (TPSA) is 24.5 Å². The number of likely N-dealkylation sites (tertiary alicyclic amines) is 1. The molecule has 21 heavy (non-hydrogen) atoms. The van der Waals surface area contributed by atoms with Gasteiger partial charge in [-0.25, -0.2) is 0 Å². The van der Waals surface area contributed by atoms with Gasteiger partial charge in [-0.3, -0.25) is 4.90 Å². The standard InChI is InChI=1S/C18H28N2O/c1-14-5-6-16(12-15(14)2)19-17-4-3-9-20(13-17)18-7-10-21-11-8-18/h5-6,12,17-19H,3-4,7-11,13H2,1-2H3. The quantitative estimate of drug-likeness (QED) is 0.923. The van der Waals surface area contributed by atoms with Crippen molar-refractivity contribution < 1.29 is 4.74 Å². The van der Waals surface area contributed by atoms with Crippen LogP contribution in [0.4, 0.5) is 5.69 Å². The van der Waals surface area contributed by atoms with Crippen molar-refractivity contribution in [2.24, 2.45) is 0 Å².